The van der Waals surface area contributed by atoms with Crippen LogP contribution in [0.25, 0.3) is 33.5 Å². The number of para-hydroxylation sites is 1. The zero-order valence-corrected chi connectivity index (χ0v) is 19.3. The summed E-state index contributed by atoms with van der Waals surface area (Å²) in [6.07, 6.45) is 0. The van der Waals surface area contributed by atoms with Crippen LogP contribution in [0, 0.1) is 0 Å². The Labute approximate surface area is 197 Å². The zero-order valence-electron chi connectivity index (χ0n) is 17.6. The smallest absolute Gasteiger partial charge is 0.242 e. The summed E-state index contributed by atoms with van der Waals surface area (Å²) in [5.74, 6) is -1.11. The molecule has 4 aromatic rings. The molecule has 0 saturated carbocycles. The maximum Gasteiger partial charge on any atom is 0.242 e. The number of primary sulfonamides is 1. The van der Waals surface area contributed by atoms with Crippen molar-refractivity contribution in [1.29, 1.82) is 0 Å². The maximum absolute atomic E-state index is 13.1. The highest BCUT2D eigenvalue weighted by atomic mass is 32.2. The first-order chi connectivity index (χ1) is 16.4. The van der Waals surface area contributed by atoms with Crippen LogP contribution in [0.15, 0.2) is 40.1 Å². The van der Waals surface area contributed by atoms with Crippen LogP contribution >= 0.6 is 0 Å². The van der Waals surface area contributed by atoms with Crippen LogP contribution in [0.4, 0.5) is 5.95 Å². The predicted molar refractivity (Wildman–Crippen MR) is 123 cm³/mol. The molecule has 18 heteroatoms. The minimum Gasteiger partial charge on any atom is -0.369 e. The molecule has 0 aliphatic rings. The molecule has 2 heterocycles. The molecule has 2 aromatic heterocycles. The van der Waals surface area contributed by atoms with E-state index in [1.807, 2.05) is 0 Å². The van der Waals surface area contributed by atoms with Gasteiger partial charge in [-0.3, -0.25) is 4.79 Å². The predicted octanol–water partition coefficient (Wildman–Crippen LogP) is -2.27. The van der Waals surface area contributed by atoms with Crippen LogP contribution in [0.2, 0.25) is 0 Å². The van der Waals surface area contributed by atoms with E-state index in [1.165, 1.54) is 6.07 Å². The van der Waals surface area contributed by atoms with E-state index in [0.29, 0.717) is 16.6 Å². The Bertz CT molecular complexity index is 1650. The molecule has 0 saturated heterocycles. The van der Waals surface area contributed by atoms with Gasteiger partial charge in [-0.25, -0.2) is 31.7 Å². The number of rotatable bonds is 8. The van der Waals surface area contributed by atoms with E-state index in [1.54, 1.807) is 18.2 Å². The molecule has 0 aliphatic carbocycles. The van der Waals surface area contributed by atoms with Crippen LogP contribution in [0.5, 0.6) is 0 Å². The van der Waals surface area contributed by atoms with E-state index < -0.39 is 48.3 Å². The van der Waals surface area contributed by atoms with Gasteiger partial charge in [0.1, 0.15) is 9.79 Å². The normalized spacial score (nSPS) is 13.2. The number of imidazole rings is 1. The topological polar surface area (TPSA) is 285 Å². The Morgan fingerprint density at radius 3 is 2.49 bits per heavy atom. The number of carbonyl (C=O) groups excluding carboxylic acids is 1. The molecule has 0 aliphatic heterocycles. The summed E-state index contributed by atoms with van der Waals surface area (Å²) < 4.78 is 53.8. The Kier molecular flexibility index (Phi) is 5.99. The summed E-state index contributed by atoms with van der Waals surface area (Å²) in [6.45, 7) is -0.590. The first kappa shape index (κ1) is 24.2. The number of aromatic nitrogens is 6. The number of nitrogens with one attached hydrogen (secondary N) is 3. The highest BCUT2D eigenvalue weighted by molar-refractivity contribution is 7.92. The molecule has 0 radical (unpaired) electrons. The van der Waals surface area contributed by atoms with Crippen molar-refractivity contribution < 1.29 is 21.6 Å². The number of hydrogen-bond acceptors (Lipinski definition) is 11. The summed E-state index contributed by atoms with van der Waals surface area (Å²) in [7, 11) is -9.30. The first-order valence-corrected chi connectivity index (χ1v) is 12.7. The molecular weight excluding hydrogens is 502 g/mol. The van der Waals surface area contributed by atoms with Gasteiger partial charge in [-0.15, -0.1) is 10.2 Å². The van der Waals surface area contributed by atoms with Crippen molar-refractivity contribution in [1.82, 2.24) is 35.3 Å². The summed E-state index contributed by atoms with van der Waals surface area (Å²) in [6, 6.07) is 5.98. The SMILES string of the molecule is NC(=O)[C@H](N)CNS(=O)(=O)c1ccc(-c2cccc3[nH]c(N)nc23)c(-c2nn[nH]n2)c1S(N)(=O)=O. The zero-order chi connectivity index (χ0) is 25.5. The number of primary amides is 1. The number of nitrogens with zero attached hydrogens (tertiary/aromatic N) is 4. The summed E-state index contributed by atoms with van der Waals surface area (Å²) in [5.41, 5.74) is 17.6. The van der Waals surface area contributed by atoms with Crippen LogP contribution in [0.1, 0.15) is 0 Å². The lowest BCUT2D eigenvalue weighted by Gasteiger charge is -2.17. The summed E-state index contributed by atoms with van der Waals surface area (Å²) in [4.78, 5) is 16.8. The van der Waals surface area contributed by atoms with Gasteiger partial charge in [-0.1, -0.05) is 18.2 Å². The van der Waals surface area contributed by atoms with Crippen molar-refractivity contribution in [2.75, 3.05) is 12.3 Å². The second-order valence-corrected chi connectivity index (χ2v) is 10.5. The lowest BCUT2D eigenvalue weighted by molar-refractivity contribution is -0.119. The lowest BCUT2D eigenvalue weighted by Crippen LogP contribution is -2.45. The molecule has 1 atom stereocenters. The summed E-state index contributed by atoms with van der Waals surface area (Å²) in [5, 5.41) is 18.8. The summed E-state index contributed by atoms with van der Waals surface area (Å²) >= 11 is 0. The molecule has 35 heavy (non-hydrogen) atoms. The number of H-pyrrole nitrogens is 2. The average Bonchev–Trinajstić information content (AvgIpc) is 3.44. The Balaban J connectivity index is 2.04. The van der Waals surface area contributed by atoms with Crippen molar-refractivity contribution in [3.05, 3.63) is 30.3 Å². The third-order valence-corrected chi connectivity index (χ3v) is 7.53. The highest BCUT2D eigenvalue weighted by Gasteiger charge is 2.33. The van der Waals surface area contributed by atoms with E-state index in [4.69, 9.17) is 22.3 Å². The van der Waals surface area contributed by atoms with Crippen molar-refractivity contribution in [3.63, 3.8) is 0 Å². The Morgan fingerprint density at radius 2 is 1.86 bits per heavy atom. The fourth-order valence-corrected chi connectivity index (χ4v) is 6.08. The van der Waals surface area contributed by atoms with E-state index >= 15 is 0 Å². The number of aromatic amines is 2. The maximum atomic E-state index is 13.1. The number of nitrogens with two attached hydrogens (primary N) is 4. The molecular formula is C17H19N11O5S2. The van der Waals surface area contributed by atoms with Crippen LogP contribution in [-0.2, 0) is 24.8 Å². The minimum absolute atomic E-state index is 0.106. The molecule has 11 N–H and O–H groups in total. The van der Waals surface area contributed by atoms with E-state index in [0.717, 1.165) is 6.07 Å². The Hall–Kier alpha value is -3.97. The quantitative estimate of drug-likeness (QED) is 0.130. The van der Waals surface area contributed by atoms with Crippen LogP contribution in [-0.4, -0.2) is 65.9 Å². The van der Waals surface area contributed by atoms with Crippen molar-refractivity contribution in [2.24, 2.45) is 16.6 Å². The molecule has 0 spiro atoms. The molecule has 184 valence electrons. The number of hydrogen-bond donors (Lipinski definition) is 7. The monoisotopic (exact) mass is 521 g/mol. The van der Waals surface area contributed by atoms with Gasteiger partial charge in [0.2, 0.25) is 31.8 Å². The number of anilines is 1. The van der Waals surface area contributed by atoms with E-state index in [-0.39, 0.29) is 22.9 Å². The number of sulfonamides is 2. The second kappa shape index (κ2) is 8.67. The molecule has 4 rings (SSSR count). The van der Waals surface area contributed by atoms with Gasteiger partial charge >= 0.3 is 0 Å². The standard InChI is InChI=1S/C17H19N11O5S2/c18-9(15(19)29)6-22-35(32,33)11-5-4-7(8-2-1-3-10-13(8)24-17(20)23-10)12(14(11)34(21,30)31)16-25-27-28-26-16/h1-5,9,22H,6,18H2,(H2,19,29)(H3,20,23,24)(H2,21,30,31)(H,25,26,27,28)/t9-/m1/s1. The molecule has 16 nitrogen and oxygen atoms in total. The van der Waals surface area contributed by atoms with Gasteiger partial charge in [0.25, 0.3) is 0 Å². The fourth-order valence-electron chi connectivity index (χ4n) is 3.42. The van der Waals surface area contributed by atoms with Crippen molar-refractivity contribution in [3.8, 4) is 22.5 Å². The molecule has 0 unspecified atom stereocenters. The number of carbonyl (C=O) groups is 1. The van der Waals surface area contributed by atoms with Crippen molar-refractivity contribution >= 4 is 42.9 Å². The third kappa shape index (κ3) is 4.55. The minimum atomic E-state index is -4.72. The molecule has 1 amide bonds. The molecule has 0 bridgehead atoms. The lowest BCUT2D eigenvalue weighted by atomic mass is 9.98. The highest BCUT2D eigenvalue weighted by Crippen LogP contribution is 2.40. The van der Waals surface area contributed by atoms with Gasteiger partial charge in [-0.05, 0) is 22.9 Å². The molecule has 2 aromatic carbocycles. The average molecular weight is 522 g/mol. The van der Waals surface area contributed by atoms with Gasteiger partial charge < -0.3 is 22.2 Å². The van der Waals surface area contributed by atoms with E-state index in [9.17, 15) is 21.6 Å². The Morgan fingerprint density at radius 1 is 1.11 bits per heavy atom. The van der Waals surface area contributed by atoms with Gasteiger partial charge in [0.15, 0.2) is 5.95 Å². The first-order valence-electron chi connectivity index (χ1n) is 9.63. The number of fused-ring (bicyclic) bond motifs is 1. The second-order valence-electron chi connectivity index (χ2n) is 7.28. The number of tetrazole rings is 1. The number of amides is 1. The fraction of sp³-hybridized carbons (Fsp3) is 0.118. The van der Waals surface area contributed by atoms with Crippen LogP contribution < -0.4 is 27.1 Å². The van der Waals surface area contributed by atoms with Gasteiger partial charge in [0, 0.05) is 12.1 Å². The number of benzene rings is 2. The van der Waals surface area contributed by atoms with Crippen molar-refractivity contribution in [2.45, 2.75) is 15.8 Å². The van der Waals surface area contributed by atoms with E-state index in [2.05, 4.69) is 35.3 Å². The third-order valence-electron chi connectivity index (χ3n) is 4.94. The molecule has 0 fully saturated rings. The van der Waals surface area contributed by atoms with Crippen LogP contribution in [0.3, 0.4) is 0 Å². The number of nitrogen functional groups attached to an aromatic ring is 1. The largest absolute Gasteiger partial charge is 0.369 e. The van der Waals surface area contributed by atoms with Gasteiger partial charge in [-0.2, -0.15) is 5.21 Å². The van der Waals surface area contributed by atoms with Gasteiger partial charge in [0.05, 0.1) is 22.6 Å².